The number of benzene rings is 1. The average Bonchev–Trinajstić information content (AvgIpc) is 2.39. The lowest BCUT2D eigenvalue weighted by molar-refractivity contribution is 0.0866. The molecule has 1 rings (SSSR count). The highest BCUT2D eigenvalue weighted by atomic mass is 19.1. The van der Waals surface area contributed by atoms with Crippen LogP contribution in [-0.4, -0.2) is 30.1 Å². The van der Waals surface area contributed by atoms with Gasteiger partial charge in [-0.15, -0.1) is 0 Å². The van der Waals surface area contributed by atoms with E-state index in [-0.39, 0.29) is 11.4 Å². The lowest BCUT2D eigenvalue weighted by atomic mass is 9.89. The number of hydrogen-bond donors (Lipinski definition) is 1. The second-order valence-corrected chi connectivity index (χ2v) is 5.59. The van der Waals surface area contributed by atoms with E-state index in [1.54, 1.807) is 12.1 Å². The minimum Gasteiger partial charge on any atom is -0.329 e. The largest absolute Gasteiger partial charge is 0.329 e. The first-order valence-electron chi connectivity index (χ1n) is 7.14. The average molecular weight is 266 g/mol. The van der Waals surface area contributed by atoms with Gasteiger partial charge in [0.25, 0.3) is 0 Å². The van der Waals surface area contributed by atoms with Crippen LogP contribution >= 0.6 is 0 Å². The molecule has 0 aromatic heterocycles. The van der Waals surface area contributed by atoms with Crippen LogP contribution in [0.1, 0.15) is 39.2 Å². The van der Waals surface area contributed by atoms with Gasteiger partial charge in [-0.05, 0) is 50.9 Å². The molecule has 0 radical (unpaired) electrons. The van der Waals surface area contributed by atoms with Gasteiger partial charge in [0.1, 0.15) is 5.82 Å². The van der Waals surface area contributed by atoms with E-state index in [2.05, 4.69) is 32.7 Å². The van der Waals surface area contributed by atoms with Crippen LogP contribution in [-0.2, 0) is 6.42 Å². The Morgan fingerprint density at radius 1 is 1.32 bits per heavy atom. The fraction of sp³-hybridized carbons (Fsp3) is 0.625. The number of nitrogens with two attached hydrogens (primary N) is 1. The van der Waals surface area contributed by atoms with Gasteiger partial charge < -0.3 is 5.73 Å². The Hall–Kier alpha value is -0.930. The molecule has 0 aliphatic heterocycles. The molecule has 1 aromatic rings. The Kier molecular flexibility index (Phi) is 5.95. The first-order chi connectivity index (χ1) is 8.96. The zero-order valence-corrected chi connectivity index (χ0v) is 12.6. The Bertz CT molecular complexity index is 390. The molecule has 0 heterocycles. The number of nitrogens with zero attached hydrogens (tertiary/aromatic N) is 1. The SMILES string of the molecule is CCC(CC)N(C)C(C)(CN)Cc1cccc(F)c1. The van der Waals surface area contributed by atoms with E-state index in [0.29, 0.717) is 12.6 Å². The van der Waals surface area contributed by atoms with Crippen LogP contribution < -0.4 is 5.73 Å². The van der Waals surface area contributed by atoms with Crippen LogP contribution in [0.4, 0.5) is 4.39 Å². The Balaban J connectivity index is 2.90. The quantitative estimate of drug-likeness (QED) is 0.821. The fourth-order valence-corrected chi connectivity index (χ4v) is 2.70. The maximum atomic E-state index is 13.3. The maximum Gasteiger partial charge on any atom is 0.123 e. The van der Waals surface area contributed by atoms with Gasteiger partial charge in [0, 0.05) is 18.1 Å². The number of hydrogen-bond acceptors (Lipinski definition) is 2. The molecule has 3 heteroatoms. The molecule has 1 aromatic carbocycles. The molecule has 0 amide bonds. The minimum atomic E-state index is -0.179. The van der Waals surface area contributed by atoms with Gasteiger partial charge in [-0.3, -0.25) is 4.90 Å². The molecular weight excluding hydrogens is 239 g/mol. The standard InChI is InChI=1S/C16H27FN2/c1-5-15(6-2)19(4)16(3,12-18)11-13-8-7-9-14(17)10-13/h7-10,15H,5-6,11-12,18H2,1-4H3. The van der Waals surface area contributed by atoms with Crippen LogP contribution in [0, 0.1) is 5.82 Å². The molecule has 1 atom stereocenters. The summed E-state index contributed by atoms with van der Waals surface area (Å²) in [4.78, 5) is 2.36. The second-order valence-electron chi connectivity index (χ2n) is 5.59. The maximum absolute atomic E-state index is 13.3. The van der Waals surface area contributed by atoms with Crippen LogP contribution in [0.5, 0.6) is 0 Å². The number of rotatable bonds is 7. The molecule has 0 saturated heterocycles. The van der Waals surface area contributed by atoms with Crippen molar-refractivity contribution in [2.24, 2.45) is 5.73 Å². The Morgan fingerprint density at radius 3 is 2.42 bits per heavy atom. The normalized spacial score (nSPS) is 14.9. The molecular formula is C16H27FN2. The van der Waals surface area contributed by atoms with E-state index in [4.69, 9.17) is 5.73 Å². The fourth-order valence-electron chi connectivity index (χ4n) is 2.70. The third kappa shape index (κ3) is 4.02. The van der Waals surface area contributed by atoms with Crippen molar-refractivity contribution in [1.82, 2.24) is 4.90 Å². The number of halogens is 1. The molecule has 1 unspecified atom stereocenters. The van der Waals surface area contributed by atoms with Crippen molar-refractivity contribution in [2.45, 2.75) is 51.6 Å². The lowest BCUT2D eigenvalue weighted by Crippen LogP contribution is -2.55. The summed E-state index contributed by atoms with van der Waals surface area (Å²) < 4.78 is 13.3. The van der Waals surface area contributed by atoms with Crippen LogP contribution in [0.15, 0.2) is 24.3 Å². The summed E-state index contributed by atoms with van der Waals surface area (Å²) in [6.07, 6.45) is 2.98. The summed E-state index contributed by atoms with van der Waals surface area (Å²) in [5, 5.41) is 0. The van der Waals surface area contributed by atoms with Crippen LogP contribution in [0.25, 0.3) is 0 Å². The van der Waals surface area contributed by atoms with E-state index < -0.39 is 0 Å². The first-order valence-corrected chi connectivity index (χ1v) is 7.14. The van der Waals surface area contributed by atoms with Crippen molar-refractivity contribution in [2.75, 3.05) is 13.6 Å². The summed E-state index contributed by atoms with van der Waals surface area (Å²) in [5.74, 6) is -0.179. The molecule has 2 nitrogen and oxygen atoms in total. The molecule has 0 fully saturated rings. The van der Waals surface area contributed by atoms with Crippen molar-refractivity contribution in [3.63, 3.8) is 0 Å². The molecule has 0 bridgehead atoms. The van der Waals surface area contributed by atoms with Crippen molar-refractivity contribution in [3.05, 3.63) is 35.6 Å². The highest BCUT2D eigenvalue weighted by molar-refractivity contribution is 5.19. The van der Waals surface area contributed by atoms with Crippen molar-refractivity contribution < 1.29 is 4.39 Å². The van der Waals surface area contributed by atoms with Gasteiger partial charge in [0.05, 0.1) is 0 Å². The number of likely N-dealkylation sites (N-methyl/N-ethyl adjacent to an activating group) is 1. The predicted octanol–water partition coefficient (Wildman–Crippen LogP) is 3.21. The minimum absolute atomic E-state index is 0.134. The van der Waals surface area contributed by atoms with Crippen molar-refractivity contribution >= 4 is 0 Å². The van der Waals surface area contributed by atoms with Crippen molar-refractivity contribution in [1.29, 1.82) is 0 Å². The van der Waals surface area contributed by atoms with Gasteiger partial charge in [-0.25, -0.2) is 4.39 Å². The summed E-state index contributed by atoms with van der Waals surface area (Å²) in [5.41, 5.74) is 6.88. The van der Waals surface area contributed by atoms with Gasteiger partial charge in [-0.2, -0.15) is 0 Å². The molecule has 2 N–H and O–H groups in total. The highest BCUT2D eigenvalue weighted by Gasteiger charge is 2.31. The van der Waals surface area contributed by atoms with Gasteiger partial charge >= 0.3 is 0 Å². The first kappa shape index (κ1) is 16.1. The van der Waals surface area contributed by atoms with E-state index in [1.165, 1.54) is 6.07 Å². The van der Waals surface area contributed by atoms with Gasteiger partial charge in [0.2, 0.25) is 0 Å². The zero-order chi connectivity index (χ0) is 14.5. The topological polar surface area (TPSA) is 29.3 Å². The van der Waals surface area contributed by atoms with E-state index in [0.717, 1.165) is 24.8 Å². The van der Waals surface area contributed by atoms with Gasteiger partial charge in [-0.1, -0.05) is 26.0 Å². The third-order valence-corrected chi connectivity index (χ3v) is 4.26. The highest BCUT2D eigenvalue weighted by Crippen LogP contribution is 2.23. The Morgan fingerprint density at radius 2 is 1.95 bits per heavy atom. The summed E-state index contributed by atoms with van der Waals surface area (Å²) >= 11 is 0. The molecule has 0 aliphatic carbocycles. The summed E-state index contributed by atoms with van der Waals surface area (Å²) in [6, 6.07) is 7.33. The van der Waals surface area contributed by atoms with E-state index >= 15 is 0 Å². The zero-order valence-electron chi connectivity index (χ0n) is 12.6. The predicted molar refractivity (Wildman–Crippen MR) is 79.7 cm³/mol. The van der Waals surface area contributed by atoms with E-state index in [9.17, 15) is 4.39 Å². The lowest BCUT2D eigenvalue weighted by Gasteiger charge is -2.43. The smallest absolute Gasteiger partial charge is 0.123 e. The monoisotopic (exact) mass is 266 g/mol. The molecule has 0 spiro atoms. The third-order valence-electron chi connectivity index (χ3n) is 4.26. The van der Waals surface area contributed by atoms with E-state index in [1.807, 2.05) is 6.07 Å². The second kappa shape index (κ2) is 7.01. The summed E-state index contributed by atoms with van der Waals surface area (Å²) in [7, 11) is 2.13. The van der Waals surface area contributed by atoms with Crippen LogP contribution in [0.3, 0.4) is 0 Å². The molecule has 0 saturated carbocycles. The van der Waals surface area contributed by atoms with Crippen LogP contribution in [0.2, 0.25) is 0 Å². The van der Waals surface area contributed by atoms with Crippen molar-refractivity contribution in [3.8, 4) is 0 Å². The van der Waals surface area contributed by atoms with Gasteiger partial charge in [0.15, 0.2) is 0 Å². The molecule has 19 heavy (non-hydrogen) atoms. The molecule has 0 aliphatic rings. The molecule has 108 valence electrons. The summed E-state index contributed by atoms with van der Waals surface area (Å²) in [6.45, 7) is 7.13. The Labute approximate surface area is 116 Å².